The maximum Gasteiger partial charge on any atom is 0.472 e. The number of hydrogen-bond donors (Lipinski definition) is 4. The molecule has 0 heterocycles. The molecule has 18 heteroatoms. The van der Waals surface area contributed by atoms with E-state index in [0.29, 0.717) is 25.7 Å². The summed E-state index contributed by atoms with van der Waals surface area (Å²) in [5, 5.41) is 20.6. The molecule has 0 aromatic rings. The molecule has 0 aliphatic carbocycles. The van der Waals surface area contributed by atoms with Crippen molar-refractivity contribution in [2.24, 2.45) is 0 Å². The lowest BCUT2D eigenvalue weighted by Gasteiger charge is -2.21. The molecule has 0 amide bonds. The zero-order valence-electron chi connectivity index (χ0n) is 62.2. The molecule has 5 atom stereocenters. The summed E-state index contributed by atoms with van der Waals surface area (Å²) in [5.74, 6) is -1.70. The van der Waals surface area contributed by atoms with Gasteiger partial charge in [-0.15, -0.1) is 0 Å². The Kier molecular flexibility index (Phi) is 70.4. The highest BCUT2D eigenvalue weighted by atomic mass is 31.2. The summed E-state index contributed by atoms with van der Waals surface area (Å²) in [6, 6.07) is 0. The van der Waals surface area contributed by atoms with Crippen LogP contribution >= 0.6 is 15.6 Å². The first-order valence-electron chi connectivity index (χ1n) is 38.1. The molecule has 0 bridgehead atoms. The summed E-state index contributed by atoms with van der Waals surface area (Å²) in [6.45, 7) is 2.21. The van der Waals surface area contributed by atoms with Crippen LogP contribution in [0.25, 0.3) is 0 Å². The number of rotatable bonds is 70. The molecule has 0 saturated heterocycles. The van der Waals surface area contributed by atoms with Gasteiger partial charge in [-0.25, -0.2) is 9.13 Å². The van der Waals surface area contributed by atoms with Gasteiger partial charge in [0, 0.05) is 19.3 Å². The van der Waals surface area contributed by atoms with Gasteiger partial charge in [0.05, 0.1) is 26.4 Å². The second kappa shape index (κ2) is 74.4. The third-order valence-corrected chi connectivity index (χ3v) is 17.0. The van der Waals surface area contributed by atoms with Gasteiger partial charge < -0.3 is 34.2 Å². The molecule has 572 valence electrons. The van der Waals surface area contributed by atoms with Crippen molar-refractivity contribution in [3.63, 3.8) is 0 Å². The lowest BCUT2D eigenvalue weighted by atomic mass is 10.0. The number of aliphatic hydroxyl groups is 2. The average Bonchev–Trinajstić information content (AvgIpc) is 1.17. The molecule has 0 spiro atoms. The summed E-state index contributed by atoms with van der Waals surface area (Å²) >= 11 is 0. The van der Waals surface area contributed by atoms with Crippen LogP contribution in [0.3, 0.4) is 0 Å². The van der Waals surface area contributed by atoms with E-state index in [2.05, 4.69) is 185 Å². The van der Waals surface area contributed by atoms with Crippen LogP contribution in [0.5, 0.6) is 0 Å². The standard InChI is InChI=1S/C83H134O16P2/c1-4-7-10-13-16-19-22-25-28-31-34-35-36-37-38-39-40-41-44-46-48-51-54-57-60-63-66-69-81(86)93-72-78(84)73-95-100(89,90)96-74-79(85)75-97-101(91,92)98-77-80(99-83(88)71-68-65-62-59-56-53-50-47-43-33-30-27-24-21-18-15-12-9-6-3)76-94-82(87)70-67-64-61-58-55-52-49-45-42-32-29-26-23-20-17-14-11-8-5-2/h7-12,16-21,25-30,34-35,37-38,42-43,45,47,52,55,61,64,78-80,84-85H,4-6,13-15,22-24,31-33,36,39-41,44,46,48-51,53-54,56-60,62-63,65-77H2,1-3H3,(H,89,90)(H,91,92)/b10-7-,11-8-,12-9-,19-16-,20-17-,21-18-,28-25-,29-26-,30-27-,35-34-,38-37-,45-42-,47-43-,55-52-,64-61-. The Morgan fingerprint density at radius 2 is 0.515 bits per heavy atom. The van der Waals surface area contributed by atoms with Crippen molar-refractivity contribution in [3.05, 3.63) is 182 Å². The fourth-order valence-corrected chi connectivity index (χ4v) is 11.0. The van der Waals surface area contributed by atoms with E-state index in [4.69, 9.17) is 32.3 Å². The van der Waals surface area contributed by atoms with Crippen molar-refractivity contribution < 1.29 is 75.8 Å². The third kappa shape index (κ3) is 75.6. The van der Waals surface area contributed by atoms with Crippen LogP contribution in [0.15, 0.2) is 182 Å². The predicted molar refractivity (Wildman–Crippen MR) is 417 cm³/mol. The minimum absolute atomic E-state index is 0.0348. The van der Waals surface area contributed by atoms with Crippen molar-refractivity contribution in [1.82, 2.24) is 0 Å². The highest BCUT2D eigenvalue weighted by Crippen LogP contribution is 2.45. The van der Waals surface area contributed by atoms with Crippen molar-refractivity contribution in [2.45, 2.75) is 283 Å². The normalized spacial score (nSPS) is 15.0. The smallest absolute Gasteiger partial charge is 0.463 e. The van der Waals surface area contributed by atoms with E-state index in [0.717, 1.165) is 161 Å². The lowest BCUT2D eigenvalue weighted by molar-refractivity contribution is -0.161. The molecular formula is C83H134O16P2. The Balaban J connectivity index is 4.69. The van der Waals surface area contributed by atoms with Gasteiger partial charge in [-0.3, -0.25) is 32.5 Å². The quantitative estimate of drug-likeness (QED) is 0.0146. The zero-order chi connectivity index (χ0) is 73.7. The predicted octanol–water partition coefficient (Wildman–Crippen LogP) is 22.2. The maximum atomic E-state index is 13.0. The first-order valence-corrected chi connectivity index (χ1v) is 41.1. The largest absolute Gasteiger partial charge is 0.472 e. The number of unbranched alkanes of at least 4 members (excludes halogenated alkanes) is 17. The third-order valence-electron chi connectivity index (χ3n) is 15.1. The van der Waals surface area contributed by atoms with E-state index in [9.17, 15) is 43.5 Å². The van der Waals surface area contributed by atoms with Gasteiger partial charge in [0.2, 0.25) is 0 Å². The van der Waals surface area contributed by atoms with E-state index in [1.165, 1.54) is 38.5 Å². The highest BCUT2D eigenvalue weighted by Gasteiger charge is 2.29. The number of hydrogen-bond acceptors (Lipinski definition) is 14. The molecule has 4 N–H and O–H groups in total. The van der Waals surface area contributed by atoms with Gasteiger partial charge in [-0.1, -0.05) is 287 Å². The van der Waals surface area contributed by atoms with Crippen molar-refractivity contribution in [3.8, 4) is 0 Å². The molecule has 0 aromatic heterocycles. The van der Waals surface area contributed by atoms with E-state index in [1.54, 1.807) is 0 Å². The molecule has 0 fully saturated rings. The van der Waals surface area contributed by atoms with Gasteiger partial charge >= 0.3 is 33.6 Å². The Morgan fingerprint density at radius 1 is 0.277 bits per heavy atom. The SMILES string of the molecule is CC/C=C\C/C=C\C/C=C\C/C=C\C/C=C\C/C=C\CCC(=O)OCC(COP(=O)(O)OCC(O)COP(=O)(O)OCC(O)COC(=O)CCCCCCCCCCCCC/C=C\C/C=C\C/C=C\C/C=C\C/C=C\CC)OC(=O)CCCCCCCC/C=C\C/C=C\C/C=C\C/C=C\CC. The highest BCUT2D eigenvalue weighted by molar-refractivity contribution is 7.47. The maximum absolute atomic E-state index is 13.0. The zero-order valence-corrected chi connectivity index (χ0v) is 64.0. The Hall–Kier alpha value is -5.35. The minimum atomic E-state index is -4.96. The molecule has 0 aliphatic heterocycles. The number of allylic oxidation sites excluding steroid dienone is 30. The lowest BCUT2D eigenvalue weighted by Crippen LogP contribution is -2.30. The first-order chi connectivity index (χ1) is 49.2. The number of phosphoric acid groups is 2. The molecule has 16 nitrogen and oxygen atoms in total. The Labute approximate surface area is 611 Å². The monoisotopic (exact) mass is 1450 g/mol. The molecule has 0 rings (SSSR count). The summed E-state index contributed by atoms with van der Waals surface area (Å²) in [7, 11) is -9.83. The second-order valence-electron chi connectivity index (χ2n) is 24.7. The number of carbonyl (C=O) groups is 3. The second-order valence-corrected chi connectivity index (χ2v) is 27.6. The minimum Gasteiger partial charge on any atom is -0.463 e. The fourth-order valence-electron chi connectivity index (χ4n) is 9.44. The first kappa shape index (κ1) is 95.6. The van der Waals surface area contributed by atoms with E-state index in [1.807, 2.05) is 18.2 Å². The van der Waals surface area contributed by atoms with Gasteiger partial charge in [-0.2, -0.15) is 0 Å². The molecule has 101 heavy (non-hydrogen) atoms. The van der Waals surface area contributed by atoms with Crippen LogP contribution in [-0.2, 0) is 55.8 Å². The summed E-state index contributed by atoms with van der Waals surface area (Å²) < 4.78 is 61.0. The van der Waals surface area contributed by atoms with Crippen LogP contribution in [-0.4, -0.2) is 95.9 Å². The van der Waals surface area contributed by atoms with Gasteiger partial charge in [0.15, 0.2) is 6.10 Å². The van der Waals surface area contributed by atoms with Crippen LogP contribution in [0, 0.1) is 0 Å². The molecule has 0 aromatic carbocycles. The Bertz CT molecular complexity index is 2570. The summed E-state index contributed by atoms with van der Waals surface area (Å²) in [5.41, 5.74) is 0. The van der Waals surface area contributed by atoms with E-state index < -0.39 is 91.5 Å². The van der Waals surface area contributed by atoms with Crippen LogP contribution < -0.4 is 0 Å². The average molecular weight is 1450 g/mol. The molecule has 0 saturated carbocycles. The van der Waals surface area contributed by atoms with E-state index >= 15 is 0 Å². The van der Waals surface area contributed by atoms with Crippen LogP contribution in [0.1, 0.15) is 265 Å². The Morgan fingerprint density at radius 3 is 0.842 bits per heavy atom. The van der Waals surface area contributed by atoms with Crippen molar-refractivity contribution in [2.75, 3.05) is 39.6 Å². The van der Waals surface area contributed by atoms with Gasteiger partial charge in [-0.05, 0) is 141 Å². The van der Waals surface area contributed by atoms with Gasteiger partial charge in [0.25, 0.3) is 0 Å². The summed E-state index contributed by atoms with van der Waals surface area (Å²) in [4.78, 5) is 58.6. The fraction of sp³-hybridized carbons (Fsp3) is 0.602. The number of carbonyl (C=O) groups excluding carboxylic acids is 3. The van der Waals surface area contributed by atoms with Crippen molar-refractivity contribution >= 4 is 33.6 Å². The van der Waals surface area contributed by atoms with E-state index in [-0.39, 0.29) is 19.3 Å². The molecule has 5 unspecified atom stereocenters. The summed E-state index contributed by atoms with van der Waals surface area (Å²) in [6.07, 6.45) is 95.2. The van der Waals surface area contributed by atoms with Crippen LogP contribution in [0.2, 0.25) is 0 Å². The van der Waals surface area contributed by atoms with Gasteiger partial charge in [0.1, 0.15) is 25.4 Å². The topological polar surface area (TPSA) is 231 Å². The molecule has 0 radical (unpaired) electrons. The number of esters is 3. The number of ether oxygens (including phenoxy) is 3. The number of phosphoric ester groups is 2. The molecular weight excluding hydrogens is 1310 g/mol. The van der Waals surface area contributed by atoms with Crippen LogP contribution in [0.4, 0.5) is 0 Å². The molecule has 0 aliphatic rings. The number of aliphatic hydroxyl groups excluding tert-OH is 2. The van der Waals surface area contributed by atoms with Crippen molar-refractivity contribution in [1.29, 1.82) is 0 Å².